The Morgan fingerprint density at radius 3 is 2.86 bits per heavy atom. The lowest BCUT2D eigenvalue weighted by Gasteiger charge is -2.07. The average molecular weight is 299 g/mol. The van der Waals surface area contributed by atoms with Gasteiger partial charge in [-0.15, -0.1) is 0 Å². The van der Waals surface area contributed by atoms with Crippen molar-refractivity contribution in [3.63, 3.8) is 0 Å². The molecule has 0 amide bonds. The summed E-state index contributed by atoms with van der Waals surface area (Å²) in [5.41, 5.74) is 7.44. The van der Waals surface area contributed by atoms with Crippen molar-refractivity contribution in [2.24, 2.45) is 10.7 Å². The molecule has 114 valence electrons. The third-order valence-electron chi connectivity index (χ3n) is 3.71. The van der Waals surface area contributed by atoms with E-state index in [0.29, 0.717) is 11.5 Å². The molecule has 0 radical (unpaired) electrons. The summed E-state index contributed by atoms with van der Waals surface area (Å²) in [6.07, 6.45) is 0.821. The molecular formula is C17H18FN3O. The van der Waals surface area contributed by atoms with Gasteiger partial charge in [-0.25, -0.2) is 9.38 Å². The molecular weight excluding hydrogens is 281 g/mol. The first-order valence-corrected chi connectivity index (χ1v) is 7.16. The lowest BCUT2D eigenvalue weighted by molar-refractivity contribution is 0.415. The number of nitrogens with two attached hydrogens (primary N) is 1. The van der Waals surface area contributed by atoms with E-state index in [9.17, 15) is 4.39 Å². The SMILES string of the molecule is COc1cccc(NC(N)=NC2CC2c2ccccc2F)c1. The van der Waals surface area contributed by atoms with Crippen LogP contribution in [0.1, 0.15) is 17.9 Å². The van der Waals surface area contributed by atoms with E-state index >= 15 is 0 Å². The number of guanidine groups is 1. The molecule has 0 aromatic heterocycles. The fraction of sp³-hybridized carbons (Fsp3) is 0.235. The zero-order chi connectivity index (χ0) is 15.5. The third kappa shape index (κ3) is 3.19. The van der Waals surface area contributed by atoms with Gasteiger partial charge in [0.2, 0.25) is 0 Å². The summed E-state index contributed by atoms with van der Waals surface area (Å²) in [5.74, 6) is 1.02. The van der Waals surface area contributed by atoms with Gasteiger partial charge in [-0.3, -0.25) is 0 Å². The number of nitrogens with one attached hydrogen (secondary N) is 1. The number of hydrogen-bond donors (Lipinski definition) is 2. The van der Waals surface area contributed by atoms with E-state index in [1.807, 2.05) is 30.3 Å². The molecule has 1 aliphatic rings. The van der Waals surface area contributed by atoms with Gasteiger partial charge in [0.25, 0.3) is 0 Å². The number of ether oxygens (including phenoxy) is 1. The molecule has 1 fully saturated rings. The number of anilines is 1. The van der Waals surface area contributed by atoms with Gasteiger partial charge in [-0.2, -0.15) is 0 Å². The number of nitrogens with zero attached hydrogens (tertiary/aromatic N) is 1. The molecule has 1 saturated carbocycles. The molecule has 0 saturated heterocycles. The predicted octanol–water partition coefficient (Wildman–Crippen LogP) is 3.12. The van der Waals surface area contributed by atoms with Gasteiger partial charge >= 0.3 is 0 Å². The normalized spacial score (nSPS) is 20.5. The fourth-order valence-corrected chi connectivity index (χ4v) is 2.49. The summed E-state index contributed by atoms with van der Waals surface area (Å²) >= 11 is 0. The standard InChI is InChI=1S/C17H18FN3O/c1-22-12-6-4-5-11(9-12)20-17(19)21-16-10-14(16)13-7-2-3-8-15(13)18/h2-9,14,16H,10H2,1H3,(H3,19,20,21). The first kappa shape index (κ1) is 14.4. The molecule has 5 heteroatoms. The zero-order valence-electron chi connectivity index (χ0n) is 12.3. The molecule has 1 aliphatic carbocycles. The van der Waals surface area contributed by atoms with Crippen molar-refractivity contribution in [1.29, 1.82) is 0 Å². The van der Waals surface area contributed by atoms with E-state index in [1.54, 1.807) is 19.2 Å². The molecule has 2 atom stereocenters. The second kappa shape index (κ2) is 6.05. The Morgan fingerprint density at radius 2 is 2.09 bits per heavy atom. The van der Waals surface area contributed by atoms with Crippen LogP contribution >= 0.6 is 0 Å². The second-order valence-electron chi connectivity index (χ2n) is 5.30. The quantitative estimate of drug-likeness (QED) is 0.673. The van der Waals surface area contributed by atoms with Crippen LogP contribution in [0.3, 0.4) is 0 Å². The number of rotatable bonds is 4. The molecule has 2 aromatic carbocycles. The first-order valence-electron chi connectivity index (χ1n) is 7.16. The number of hydrogen-bond acceptors (Lipinski definition) is 2. The first-order chi connectivity index (χ1) is 10.7. The summed E-state index contributed by atoms with van der Waals surface area (Å²) in [6.45, 7) is 0. The Kier molecular flexibility index (Phi) is 3.96. The molecule has 4 nitrogen and oxygen atoms in total. The van der Waals surface area contributed by atoms with Crippen LogP contribution in [0.5, 0.6) is 5.75 Å². The topological polar surface area (TPSA) is 59.6 Å². The van der Waals surface area contributed by atoms with E-state index in [0.717, 1.165) is 17.9 Å². The minimum Gasteiger partial charge on any atom is -0.497 e. The van der Waals surface area contributed by atoms with Crippen molar-refractivity contribution >= 4 is 11.6 Å². The lowest BCUT2D eigenvalue weighted by atomic mass is 10.1. The monoisotopic (exact) mass is 299 g/mol. The summed E-state index contributed by atoms with van der Waals surface area (Å²) in [5, 5.41) is 3.03. The third-order valence-corrected chi connectivity index (χ3v) is 3.71. The maximum atomic E-state index is 13.7. The Balaban J connectivity index is 1.65. The van der Waals surface area contributed by atoms with Crippen LogP contribution in [0, 0.1) is 5.82 Å². The predicted molar refractivity (Wildman–Crippen MR) is 85.8 cm³/mol. The highest BCUT2D eigenvalue weighted by Gasteiger charge is 2.40. The van der Waals surface area contributed by atoms with Crippen LogP contribution in [-0.2, 0) is 0 Å². The van der Waals surface area contributed by atoms with Gasteiger partial charge in [0.15, 0.2) is 5.96 Å². The van der Waals surface area contributed by atoms with Crippen LogP contribution in [0.25, 0.3) is 0 Å². The highest BCUT2D eigenvalue weighted by molar-refractivity contribution is 5.92. The van der Waals surface area contributed by atoms with Crippen LogP contribution in [0.4, 0.5) is 10.1 Å². The molecule has 3 rings (SSSR count). The van der Waals surface area contributed by atoms with Crippen LogP contribution in [0.15, 0.2) is 53.5 Å². The summed E-state index contributed by atoms with van der Waals surface area (Å²) in [6, 6.07) is 14.3. The zero-order valence-corrected chi connectivity index (χ0v) is 12.3. The van der Waals surface area contributed by atoms with Gasteiger partial charge in [-0.05, 0) is 30.2 Å². The van der Waals surface area contributed by atoms with Crippen molar-refractivity contribution in [2.75, 3.05) is 12.4 Å². The molecule has 22 heavy (non-hydrogen) atoms. The van der Waals surface area contributed by atoms with Gasteiger partial charge in [-0.1, -0.05) is 24.3 Å². The molecule has 3 N–H and O–H groups in total. The van der Waals surface area contributed by atoms with Crippen molar-refractivity contribution < 1.29 is 9.13 Å². The van der Waals surface area contributed by atoms with Crippen LogP contribution in [0.2, 0.25) is 0 Å². The molecule has 0 heterocycles. The molecule has 2 unspecified atom stereocenters. The fourth-order valence-electron chi connectivity index (χ4n) is 2.49. The smallest absolute Gasteiger partial charge is 0.193 e. The largest absolute Gasteiger partial charge is 0.497 e. The lowest BCUT2D eigenvalue weighted by Crippen LogP contribution is -2.23. The maximum Gasteiger partial charge on any atom is 0.193 e. The molecule has 0 bridgehead atoms. The van der Waals surface area contributed by atoms with Gasteiger partial charge < -0.3 is 15.8 Å². The van der Waals surface area contributed by atoms with E-state index < -0.39 is 0 Å². The van der Waals surface area contributed by atoms with Gasteiger partial charge in [0.05, 0.1) is 13.2 Å². The maximum absolute atomic E-state index is 13.7. The van der Waals surface area contributed by atoms with E-state index in [2.05, 4.69) is 10.3 Å². The van der Waals surface area contributed by atoms with E-state index in [1.165, 1.54) is 6.07 Å². The van der Waals surface area contributed by atoms with E-state index in [4.69, 9.17) is 10.5 Å². The van der Waals surface area contributed by atoms with Crippen molar-refractivity contribution in [3.8, 4) is 5.75 Å². The number of aliphatic imine (C=N–C) groups is 1. The van der Waals surface area contributed by atoms with E-state index in [-0.39, 0.29) is 17.8 Å². The number of methoxy groups -OCH3 is 1. The highest BCUT2D eigenvalue weighted by atomic mass is 19.1. The Bertz CT molecular complexity index is 702. The minimum atomic E-state index is -0.176. The van der Waals surface area contributed by atoms with Crippen molar-refractivity contribution in [1.82, 2.24) is 0 Å². The molecule has 0 spiro atoms. The second-order valence-corrected chi connectivity index (χ2v) is 5.30. The van der Waals surface area contributed by atoms with Crippen LogP contribution < -0.4 is 15.8 Å². The van der Waals surface area contributed by atoms with Gasteiger partial charge in [0.1, 0.15) is 11.6 Å². The summed E-state index contributed by atoms with van der Waals surface area (Å²) < 4.78 is 18.9. The summed E-state index contributed by atoms with van der Waals surface area (Å²) in [4.78, 5) is 4.41. The summed E-state index contributed by atoms with van der Waals surface area (Å²) in [7, 11) is 1.61. The van der Waals surface area contributed by atoms with Crippen molar-refractivity contribution in [3.05, 3.63) is 59.9 Å². The molecule has 2 aromatic rings. The highest BCUT2D eigenvalue weighted by Crippen LogP contribution is 2.44. The Morgan fingerprint density at radius 1 is 1.27 bits per heavy atom. The Labute approximate surface area is 128 Å². The van der Waals surface area contributed by atoms with Crippen LogP contribution in [-0.4, -0.2) is 19.1 Å². The Hall–Kier alpha value is -2.56. The number of halogens is 1. The number of benzene rings is 2. The van der Waals surface area contributed by atoms with Crippen molar-refractivity contribution in [2.45, 2.75) is 18.4 Å². The molecule has 0 aliphatic heterocycles. The minimum absolute atomic E-state index is 0.0370. The van der Waals surface area contributed by atoms with Gasteiger partial charge in [0, 0.05) is 17.7 Å². The average Bonchev–Trinajstić information content (AvgIpc) is 3.26.